The van der Waals surface area contributed by atoms with Gasteiger partial charge in [0, 0.05) is 18.1 Å². The van der Waals surface area contributed by atoms with E-state index in [9.17, 15) is 0 Å². The van der Waals surface area contributed by atoms with E-state index in [1.54, 1.807) is 0 Å². The Labute approximate surface area is 118 Å². The van der Waals surface area contributed by atoms with Crippen LogP contribution in [0.25, 0.3) is 0 Å². The summed E-state index contributed by atoms with van der Waals surface area (Å²) in [5, 5.41) is 0. The molecule has 0 aliphatic heterocycles. The molecular weight excluding hydrogens is 232 g/mol. The first-order valence-corrected chi connectivity index (χ1v) is 7.68. The molecule has 0 heterocycles. The molecule has 0 radical (unpaired) electrons. The zero-order chi connectivity index (χ0) is 13.8. The smallest absolute Gasteiger partial charge is 0.0319 e. The molecule has 2 heteroatoms. The maximum absolute atomic E-state index is 6.00. The molecule has 0 spiro atoms. The van der Waals surface area contributed by atoms with Gasteiger partial charge in [-0.2, -0.15) is 0 Å². The van der Waals surface area contributed by atoms with Crippen LogP contribution in [-0.4, -0.2) is 24.0 Å². The molecule has 2 N–H and O–H groups in total. The SMILES string of the molecule is CCc1ccc(C(C)N(C)C2CCC(N)CC2)cc1. The van der Waals surface area contributed by atoms with Gasteiger partial charge in [0.05, 0.1) is 0 Å². The fraction of sp³-hybridized carbons (Fsp3) is 0.647. The number of hydrogen-bond acceptors (Lipinski definition) is 2. The van der Waals surface area contributed by atoms with Gasteiger partial charge in [0.2, 0.25) is 0 Å². The highest BCUT2D eigenvalue weighted by atomic mass is 15.2. The Morgan fingerprint density at radius 1 is 1.16 bits per heavy atom. The van der Waals surface area contributed by atoms with E-state index >= 15 is 0 Å². The van der Waals surface area contributed by atoms with Gasteiger partial charge in [-0.15, -0.1) is 0 Å². The minimum Gasteiger partial charge on any atom is -0.328 e. The van der Waals surface area contributed by atoms with Crippen LogP contribution in [0, 0.1) is 0 Å². The van der Waals surface area contributed by atoms with Crippen molar-refractivity contribution in [3.05, 3.63) is 35.4 Å². The number of benzene rings is 1. The second-order valence-electron chi connectivity index (χ2n) is 6.01. The molecule has 0 bridgehead atoms. The number of hydrogen-bond donors (Lipinski definition) is 1. The maximum atomic E-state index is 6.00. The van der Waals surface area contributed by atoms with Crippen molar-refractivity contribution in [1.29, 1.82) is 0 Å². The summed E-state index contributed by atoms with van der Waals surface area (Å²) < 4.78 is 0. The van der Waals surface area contributed by atoms with Crippen molar-refractivity contribution in [2.45, 2.75) is 64.1 Å². The summed E-state index contributed by atoms with van der Waals surface area (Å²) >= 11 is 0. The van der Waals surface area contributed by atoms with E-state index in [-0.39, 0.29) is 0 Å². The Hall–Kier alpha value is -0.860. The van der Waals surface area contributed by atoms with E-state index in [4.69, 9.17) is 5.73 Å². The van der Waals surface area contributed by atoms with Crippen molar-refractivity contribution in [1.82, 2.24) is 4.90 Å². The minimum absolute atomic E-state index is 0.434. The third kappa shape index (κ3) is 3.58. The molecule has 1 aromatic carbocycles. The predicted molar refractivity (Wildman–Crippen MR) is 82.2 cm³/mol. The lowest BCUT2D eigenvalue weighted by molar-refractivity contribution is 0.140. The van der Waals surface area contributed by atoms with Crippen LogP contribution < -0.4 is 5.73 Å². The topological polar surface area (TPSA) is 29.3 Å². The Kier molecular flexibility index (Phi) is 5.00. The standard InChI is InChI=1S/C17H28N2/c1-4-14-5-7-15(8-6-14)13(2)19(3)17-11-9-16(18)10-12-17/h5-8,13,16-17H,4,9-12,18H2,1-3H3. The monoisotopic (exact) mass is 260 g/mol. The van der Waals surface area contributed by atoms with E-state index < -0.39 is 0 Å². The van der Waals surface area contributed by atoms with Gasteiger partial charge < -0.3 is 5.73 Å². The molecule has 1 aliphatic rings. The average molecular weight is 260 g/mol. The van der Waals surface area contributed by atoms with Gasteiger partial charge in [-0.3, -0.25) is 4.90 Å². The van der Waals surface area contributed by atoms with Crippen molar-refractivity contribution < 1.29 is 0 Å². The first-order chi connectivity index (χ1) is 9.11. The summed E-state index contributed by atoms with van der Waals surface area (Å²) in [5.41, 5.74) is 8.84. The first kappa shape index (κ1) is 14.5. The van der Waals surface area contributed by atoms with Gasteiger partial charge in [0.25, 0.3) is 0 Å². The van der Waals surface area contributed by atoms with Crippen molar-refractivity contribution in [2.75, 3.05) is 7.05 Å². The van der Waals surface area contributed by atoms with Gasteiger partial charge in [-0.1, -0.05) is 31.2 Å². The molecular formula is C17H28N2. The van der Waals surface area contributed by atoms with E-state index in [2.05, 4.69) is 50.1 Å². The van der Waals surface area contributed by atoms with Gasteiger partial charge in [0.15, 0.2) is 0 Å². The molecule has 1 atom stereocenters. The third-order valence-electron chi connectivity index (χ3n) is 4.80. The molecule has 0 aromatic heterocycles. The Bertz CT molecular complexity index is 377. The highest BCUT2D eigenvalue weighted by molar-refractivity contribution is 5.24. The molecule has 1 saturated carbocycles. The largest absolute Gasteiger partial charge is 0.328 e. The highest BCUT2D eigenvalue weighted by Crippen LogP contribution is 2.28. The Balaban J connectivity index is 1.99. The van der Waals surface area contributed by atoms with Crippen LogP contribution in [0.4, 0.5) is 0 Å². The van der Waals surface area contributed by atoms with Crippen molar-refractivity contribution in [2.24, 2.45) is 5.73 Å². The van der Waals surface area contributed by atoms with Crippen molar-refractivity contribution in [3.8, 4) is 0 Å². The zero-order valence-electron chi connectivity index (χ0n) is 12.6. The van der Waals surface area contributed by atoms with Gasteiger partial charge in [0.1, 0.15) is 0 Å². The van der Waals surface area contributed by atoms with Gasteiger partial charge in [-0.25, -0.2) is 0 Å². The first-order valence-electron chi connectivity index (χ1n) is 7.68. The highest BCUT2D eigenvalue weighted by Gasteiger charge is 2.25. The normalized spacial score (nSPS) is 25.5. The summed E-state index contributed by atoms with van der Waals surface area (Å²) in [6, 6.07) is 10.7. The Morgan fingerprint density at radius 3 is 2.26 bits per heavy atom. The third-order valence-corrected chi connectivity index (χ3v) is 4.80. The van der Waals surface area contributed by atoms with Crippen LogP contribution in [-0.2, 0) is 6.42 Å². The molecule has 2 nitrogen and oxygen atoms in total. The number of nitrogens with zero attached hydrogens (tertiary/aromatic N) is 1. The van der Waals surface area contributed by atoms with E-state index in [0.717, 1.165) is 6.42 Å². The molecule has 0 saturated heterocycles. The second kappa shape index (κ2) is 6.53. The van der Waals surface area contributed by atoms with Gasteiger partial charge in [-0.05, 0) is 57.2 Å². The lowest BCUT2D eigenvalue weighted by atomic mass is 9.89. The average Bonchev–Trinajstić information content (AvgIpc) is 2.46. The van der Waals surface area contributed by atoms with Gasteiger partial charge >= 0.3 is 0 Å². The van der Waals surface area contributed by atoms with Crippen LogP contribution in [0.3, 0.4) is 0 Å². The second-order valence-corrected chi connectivity index (χ2v) is 6.01. The van der Waals surface area contributed by atoms with E-state index in [0.29, 0.717) is 18.1 Å². The zero-order valence-corrected chi connectivity index (χ0v) is 12.6. The summed E-state index contributed by atoms with van der Waals surface area (Å²) in [6.45, 7) is 4.52. The van der Waals surface area contributed by atoms with Crippen LogP contribution in [0.5, 0.6) is 0 Å². The Morgan fingerprint density at radius 2 is 1.74 bits per heavy atom. The summed E-state index contributed by atoms with van der Waals surface area (Å²) in [6.07, 6.45) is 5.96. The lowest BCUT2D eigenvalue weighted by Crippen LogP contribution is -2.39. The fourth-order valence-electron chi connectivity index (χ4n) is 3.09. The van der Waals surface area contributed by atoms with Crippen LogP contribution in [0.2, 0.25) is 0 Å². The van der Waals surface area contributed by atoms with Crippen molar-refractivity contribution >= 4 is 0 Å². The van der Waals surface area contributed by atoms with Crippen molar-refractivity contribution in [3.63, 3.8) is 0 Å². The molecule has 0 amide bonds. The molecule has 1 aliphatic carbocycles. The number of aryl methyl sites for hydroxylation is 1. The molecule has 19 heavy (non-hydrogen) atoms. The predicted octanol–water partition coefficient (Wildman–Crippen LogP) is 3.51. The van der Waals surface area contributed by atoms with E-state index in [1.807, 2.05) is 0 Å². The molecule has 2 rings (SSSR count). The summed E-state index contributed by atoms with van der Waals surface area (Å²) in [4.78, 5) is 2.53. The van der Waals surface area contributed by atoms with Crippen LogP contribution >= 0.6 is 0 Å². The fourth-order valence-corrected chi connectivity index (χ4v) is 3.09. The molecule has 1 aromatic rings. The van der Waals surface area contributed by atoms with E-state index in [1.165, 1.54) is 36.8 Å². The minimum atomic E-state index is 0.434. The summed E-state index contributed by atoms with van der Waals surface area (Å²) in [5.74, 6) is 0. The number of nitrogens with two attached hydrogens (primary N) is 1. The lowest BCUT2D eigenvalue weighted by Gasteiger charge is -2.37. The molecule has 1 unspecified atom stereocenters. The van der Waals surface area contributed by atoms with Crippen LogP contribution in [0.15, 0.2) is 24.3 Å². The number of rotatable bonds is 4. The summed E-state index contributed by atoms with van der Waals surface area (Å²) in [7, 11) is 2.26. The molecule has 106 valence electrons. The maximum Gasteiger partial charge on any atom is 0.0319 e. The quantitative estimate of drug-likeness (QED) is 0.897. The molecule has 1 fully saturated rings. The van der Waals surface area contributed by atoms with Crippen LogP contribution in [0.1, 0.15) is 56.7 Å².